The first-order valence-corrected chi connectivity index (χ1v) is 17.0. The van der Waals surface area contributed by atoms with Crippen LogP contribution in [0.15, 0.2) is 41.6 Å². The molecule has 278 valence electrons. The van der Waals surface area contributed by atoms with Crippen molar-refractivity contribution < 1.29 is 34.2 Å². The topological polar surface area (TPSA) is 281 Å². The summed E-state index contributed by atoms with van der Waals surface area (Å²) in [5.74, 6) is -4.09. The zero-order valence-corrected chi connectivity index (χ0v) is 29.3. The summed E-state index contributed by atoms with van der Waals surface area (Å²) in [5.41, 5.74) is 19.2. The number of carbonyl (C=O) groups is 5. The van der Waals surface area contributed by atoms with Crippen LogP contribution in [0.4, 0.5) is 5.69 Å². The van der Waals surface area contributed by atoms with Crippen LogP contribution in [-0.2, 0) is 36.8 Å². The fourth-order valence-corrected chi connectivity index (χ4v) is 5.82. The van der Waals surface area contributed by atoms with E-state index in [9.17, 15) is 39.1 Å². The quantitative estimate of drug-likeness (QED) is 0.127. The fourth-order valence-electron chi connectivity index (χ4n) is 5.82. The second kappa shape index (κ2) is 18.3. The minimum atomic E-state index is -1.42. The standard InChI is InChI=1S/C35H50N8O8/c1-17(2)9-26(31(38)46)39-33(48)27(10-18(3)4)41-34(49)28-14-22-12-20(6-8-30(22)45)19-5-7-25(43-51)21(11-19)13-24(37)32(47)40-29(35(50)42-28)15-23(44)16-36/h5-8,11-12,17-18,23-24,26-29,44-45H,9-10,13-16,36-37H2,1-4H3,(H2,38,46)(H,39,48)(H,40,47)(H,41,49)(H,42,50)/t23?,24?,26?,27-,28?,29-/m0/s1. The molecule has 51 heavy (non-hydrogen) atoms. The predicted molar refractivity (Wildman–Crippen MR) is 190 cm³/mol. The molecule has 0 saturated heterocycles. The Balaban J connectivity index is 2.10. The molecule has 16 heteroatoms. The Morgan fingerprint density at radius 3 is 2.10 bits per heavy atom. The maximum Gasteiger partial charge on any atom is 0.243 e. The third kappa shape index (κ3) is 11.6. The summed E-state index contributed by atoms with van der Waals surface area (Å²) in [4.78, 5) is 78.3. The van der Waals surface area contributed by atoms with Gasteiger partial charge in [-0.1, -0.05) is 39.8 Å². The van der Waals surface area contributed by atoms with Gasteiger partial charge in [-0.05, 0) is 82.8 Å². The highest BCUT2D eigenvalue weighted by Crippen LogP contribution is 2.31. The molecule has 3 rings (SSSR count). The van der Waals surface area contributed by atoms with E-state index in [1.165, 1.54) is 12.1 Å². The first-order valence-electron chi connectivity index (χ1n) is 17.0. The van der Waals surface area contributed by atoms with Gasteiger partial charge in [0.25, 0.3) is 0 Å². The molecule has 5 amide bonds. The normalized spacial score (nSPS) is 19.8. The molecule has 1 aliphatic rings. The van der Waals surface area contributed by atoms with Crippen molar-refractivity contribution in [3.8, 4) is 16.9 Å². The van der Waals surface area contributed by atoms with E-state index < -0.39 is 65.8 Å². The molecular weight excluding hydrogens is 660 g/mol. The number of primary amides is 1. The second-order valence-corrected chi connectivity index (χ2v) is 13.8. The van der Waals surface area contributed by atoms with Crippen molar-refractivity contribution in [3.05, 3.63) is 52.4 Å². The lowest BCUT2D eigenvalue weighted by molar-refractivity contribution is -0.135. The van der Waals surface area contributed by atoms with Gasteiger partial charge in [0, 0.05) is 19.4 Å². The van der Waals surface area contributed by atoms with Gasteiger partial charge in [-0.3, -0.25) is 24.0 Å². The van der Waals surface area contributed by atoms with E-state index in [-0.39, 0.29) is 67.5 Å². The molecule has 0 spiro atoms. The lowest BCUT2D eigenvalue weighted by atomic mass is 9.95. The number of nitroso groups, excluding NO2 is 1. The van der Waals surface area contributed by atoms with Crippen LogP contribution in [0.1, 0.15) is 58.1 Å². The maximum atomic E-state index is 14.1. The van der Waals surface area contributed by atoms with E-state index in [2.05, 4.69) is 26.4 Å². The SMILES string of the molecule is CC(C)CC(NC(=O)[C@H](CC(C)C)NC(=O)C1Cc2cc(ccc2O)-c2ccc(N=O)c(c2)CC(N)C(=O)N[C@@H](CC(O)CN)C(=O)N1)C(N)=O. The van der Waals surface area contributed by atoms with Crippen molar-refractivity contribution in [2.24, 2.45) is 34.2 Å². The van der Waals surface area contributed by atoms with Gasteiger partial charge >= 0.3 is 0 Å². The summed E-state index contributed by atoms with van der Waals surface area (Å²) >= 11 is 0. The molecule has 0 fully saturated rings. The number of nitrogens with two attached hydrogens (primary N) is 3. The van der Waals surface area contributed by atoms with Gasteiger partial charge in [0.1, 0.15) is 35.6 Å². The lowest BCUT2D eigenvalue weighted by Crippen LogP contribution is -2.60. The number of carbonyl (C=O) groups excluding carboxylic acids is 5. The molecule has 1 heterocycles. The van der Waals surface area contributed by atoms with E-state index >= 15 is 0 Å². The molecule has 0 radical (unpaired) electrons. The monoisotopic (exact) mass is 710 g/mol. The molecule has 0 aliphatic carbocycles. The smallest absolute Gasteiger partial charge is 0.243 e. The third-order valence-corrected chi connectivity index (χ3v) is 8.54. The van der Waals surface area contributed by atoms with E-state index in [1.54, 1.807) is 24.3 Å². The highest BCUT2D eigenvalue weighted by Gasteiger charge is 2.33. The number of hydrogen-bond acceptors (Lipinski definition) is 11. The summed E-state index contributed by atoms with van der Waals surface area (Å²) < 4.78 is 0. The number of benzene rings is 2. The number of aliphatic hydroxyl groups excluding tert-OH is 1. The summed E-state index contributed by atoms with van der Waals surface area (Å²) in [5, 5.41) is 34.8. The predicted octanol–water partition coefficient (Wildman–Crippen LogP) is 0.109. The average molecular weight is 711 g/mol. The Bertz CT molecular complexity index is 1600. The number of hydrogen-bond donors (Lipinski definition) is 9. The molecule has 4 unspecified atom stereocenters. The minimum Gasteiger partial charge on any atom is -0.508 e. The van der Waals surface area contributed by atoms with Crippen molar-refractivity contribution in [2.75, 3.05) is 6.54 Å². The number of aliphatic hydroxyl groups is 1. The molecule has 1 aliphatic heterocycles. The van der Waals surface area contributed by atoms with Crippen LogP contribution in [-0.4, -0.2) is 82.6 Å². The minimum absolute atomic E-state index is 0.0283. The first-order chi connectivity index (χ1) is 24.0. The lowest BCUT2D eigenvalue weighted by Gasteiger charge is -2.28. The van der Waals surface area contributed by atoms with E-state index in [0.29, 0.717) is 16.7 Å². The summed E-state index contributed by atoms with van der Waals surface area (Å²) in [6, 6.07) is 3.16. The Hall–Kier alpha value is -4.93. The fraction of sp³-hybridized carbons (Fsp3) is 0.514. The van der Waals surface area contributed by atoms with Crippen molar-refractivity contribution in [1.29, 1.82) is 0 Å². The zero-order chi connectivity index (χ0) is 38.0. The van der Waals surface area contributed by atoms with Crippen LogP contribution >= 0.6 is 0 Å². The van der Waals surface area contributed by atoms with Crippen molar-refractivity contribution in [3.63, 3.8) is 0 Å². The van der Waals surface area contributed by atoms with E-state index in [4.69, 9.17) is 17.2 Å². The van der Waals surface area contributed by atoms with E-state index in [1.807, 2.05) is 27.7 Å². The first kappa shape index (κ1) is 40.5. The average Bonchev–Trinajstić information content (AvgIpc) is 3.06. The highest BCUT2D eigenvalue weighted by molar-refractivity contribution is 5.96. The highest BCUT2D eigenvalue weighted by atomic mass is 16.3. The van der Waals surface area contributed by atoms with Crippen molar-refractivity contribution >= 4 is 35.2 Å². The summed E-state index contributed by atoms with van der Waals surface area (Å²) in [6.45, 7) is 7.16. The molecule has 2 aromatic rings. The van der Waals surface area contributed by atoms with Crippen LogP contribution < -0.4 is 38.5 Å². The number of nitrogens with one attached hydrogen (secondary N) is 4. The van der Waals surface area contributed by atoms with Gasteiger partial charge in [0.2, 0.25) is 29.5 Å². The van der Waals surface area contributed by atoms with Gasteiger partial charge in [-0.2, -0.15) is 0 Å². The Kier molecular flexibility index (Phi) is 14.6. The van der Waals surface area contributed by atoms with Crippen LogP contribution in [0.3, 0.4) is 0 Å². The molecule has 12 N–H and O–H groups in total. The number of rotatable bonds is 13. The Labute approximate surface area is 296 Å². The molecule has 0 aromatic heterocycles. The van der Waals surface area contributed by atoms with Gasteiger partial charge < -0.3 is 48.7 Å². The molecular formula is C35H50N8O8. The van der Waals surface area contributed by atoms with Crippen LogP contribution in [0, 0.1) is 16.7 Å². The number of phenolic OH excluding ortho intramolecular Hbond substituents is 1. The maximum absolute atomic E-state index is 14.1. The largest absolute Gasteiger partial charge is 0.508 e. The Morgan fingerprint density at radius 1 is 0.902 bits per heavy atom. The van der Waals surface area contributed by atoms with Crippen molar-refractivity contribution in [1.82, 2.24) is 21.3 Å². The van der Waals surface area contributed by atoms with Gasteiger partial charge in [0.15, 0.2) is 0 Å². The second-order valence-electron chi connectivity index (χ2n) is 13.8. The summed E-state index contributed by atoms with van der Waals surface area (Å²) in [7, 11) is 0. The molecule has 16 nitrogen and oxygen atoms in total. The number of aromatic hydroxyl groups is 1. The number of fused-ring (bicyclic) bond motifs is 5. The van der Waals surface area contributed by atoms with Gasteiger partial charge in [0.05, 0.1) is 12.1 Å². The van der Waals surface area contributed by atoms with E-state index in [0.717, 1.165) is 0 Å². The molecule has 4 bridgehead atoms. The third-order valence-electron chi connectivity index (χ3n) is 8.54. The number of nitrogens with zero attached hydrogens (tertiary/aromatic N) is 1. The van der Waals surface area contributed by atoms with Gasteiger partial charge in [-0.25, -0.2) is 0 Å². The Morgan fingerprint density at radius 2 is 1.51 bits per heavy atom. The molecule has 0 saturated carbocycles. The van der Waals surface area contributed by atoms with Crippen LogP contribution in [0.5, 0.6) is 5.75 Å². The zero-order valence-electron chi connectivity index (χ0n) is 29.3. The van der Waals surface area contributed by atoms with Crippen LogP contribution in [0.2, 0.25) is 0 Å². The molecule has 2 aromatic carbocycles. The molecule has 6 atom stereocenters. The van der Waals surface area contributed by atoms with Gasteiger partial charge in [-0.15, -0.1) is 4.91 Å². The summed E-state index contributed by atoms with van der Waals surface area (Å²) in [6.07, 6.45) is -1.52. The van der Waals surface area contributed by atoms with Crippen LogP contribution in [0.25, 0.3) is 11.1 Å². The number of amides is 5. The van der Waals surface area contributed by atoms with Crippen molar-refractivity contribution in [2.45, 2.75) is 96.1 Å². The number of phenols is 1.